The second-order valence-corrected chi connectivity index (χ2v) is 9.87. The van der Waals surface area contributed by atoms with E-state index < -0.39 is 41.2 Å². The Labute approximate surface area is 218 Å². The SMILES string of the molecule is NC(=NCl)Nc1cncc2cc(S(=O)(=O)N(CC(=O)OC(=O)C(F)(F)F)Cc3cccc(Cl)c3)ccc12. The van der Waals surface area contributed by atoms with Crippen LogP contribution in [-0.4, -0.2) is 48.3 Å². The number of rotatable bonds is 7. The van der Waals surface area contributed by atoms with Crippen molar-refractivity contribution in [3.63, 3.8) is 0 Å². The maximum atomic E-state index is 13.5. The van der Waals surface area contributed by atoms with Gasteiger partial charge in [0.25, 0.3) is 0 Å². The molecule has 10 nitrogen and oxygen atoms in total. The minimum absolute atomic E-state index is 0.146. The molecule has 0 aliphatic carbocycles. The van der Waals surface area contributed by atoms with Crippen molar-refractivity contribution in [1.82, 2.24) is 9.29 Å². The third-order valence-corrected chi connectivity index (χ3v) is 6.92. The second kappa shape index (κ2) is 11.3. The van der Waals surface area contributed by atoms with Gasteiger partial charge in [0.05, 0.1) is 16.8 Å². The van der Waals surface area contributed by atoms with Gasteiger partial charge in [0, 0.05) is 40.3 Å². The third kappa shape index (κ3) is 7.07. The van der Waals surface area contributed by atoms with Crippen molar-refractivity contribution in [2.45, 2.75) is 17.6 Å². The first kappa shape index (κ1) is 28.1. The molecule has 3 rings (SSSR count). The summed E-state index contributed by atoms with van der Waals surface area (Å²) in [6.07, 6.45) is -2.70. The minimum atomic E-state index is -5.44. The number of benzene rings is 2. The van der Waals surface area contributed by atoms with Crippen molar-refractivity contribution in [2.24, 2.45) is 10.2 Å². The van der Waals surface area contributed by atoms with E-state index in [0.717, 1.165) is 0 Å². The Kier molecular flexibility index (Phi) is 8.58. The van der Waals surface area contributed by atoms with Crippen LogP contribution in [0.1, 0.15) is 5.56 Å². The van der Waals surface area contributed by atoms with E-state index in [4.69, 9.17) is 29.1 Å². The van der Waals surface area contributed by atoms with E-state index >= 15 is 0 Å². The van der Waals surface area contributed by atoms with Gasteiger partial charge in [-0.3, -0.25) is 9.78 Å². The normalized spacial score (nSPS) is 12.5. The van der Waals surface area contributed by atoms with Gasteiger partial charge in [-0.25, -0.2) is 13.2 Å². The summed E-state index contributed by atoms with van der Waals surface area (Å²) >= 11 is 11.3. The number of nitrogens with zero attached hydrogens (tertiary/aromatic N) is 3. The molecular formula is C21H16Cl2F3N5O5S. The lowest BCUT2D eigenvalue weighted by Gasteiger charge is -2.22. The molecule has 0 saturated heterocycles. The van der Waals surface area contributed by atoms with Crippen LogP contribution < -0.4 is 11.1 Å². The summed E-state index contributed by atoms with van der Waals surface area (Å²) in [5.41, 5.74) is 6.23. The Balaban J connectivity index is 2.00. The van der Waals surface area contributed by atoms with Crippen LogP contribution in [0.2, 0.25) is 5.02 Å². The molecule has 196 valence electrons. The van der Waals surface area contributed by atoms with Crippen molar-refractivity contribution in [1.29, 1.82) is 0 Å². The van der Waals surface area contributed by atoms with Crippen LogP contribution in [0.3, 0.4) is 0 Å². The van der Waals surface area contributed by atoms with Crippen molar-refractivity contribution in [3.8, 4) is 0 Å². The standard InChI is InChI=1S/C21H16Cl2F3N5O5S/c22-14-3-1-2-12(6-14)10-31(11-18(32)36-19(33)21(24,25)26)37(34,35)15-4-5-16-13(7-15)8-28-9-17(16)29-20(27)30-23/h1-9H,10-11H2,(H3,27,29,30). The van der Waals surface area contributed by atoms with E-state index in [1.807, 2.05) is 0 Å². The molecule has 3 N–H and O–H groups in total. The summed E-state index contributed by atoms with van der Waals surface area (Å²) in [7, 11) is -4.53. The van der Waals surface area contributed by atoms with Crippen LogP contribution in [-0.2, 0) is 30.9 Å². The Bertz CT molecular complexity index is 1480. The average molecular weight is 578 g/mol. The minimum Gasteiger partial charge on any atom is -0.385 e. The highest BCUT2D eigenvalue weighted by Gasteiger charge is 2.43. The van der Waals surface area contributed by atoms with Crippen LogP contribution in [0.5, 0.6) is 0 Å². The fraction of sp³-hybridized carbons (Fsp3) is 0.143. The number of halogens is 5. The first-order valence-electron chi connectivity index (χ1n) is 9.97. The van der Waals surface area contributed by atoms with Gasteiger partial charge in [0.15, 0.2) is 0 Å². The lowest BCUT2D eigenvalue weighted by molar-refractivity contribution is -0.201. The number of sulfonamides is 1. The highest BCUT2D eigenvalue weighted by Crippen LogP contribution is 2.27. The predicted molar refractivity (Wildman–Crippen MR) is 129 cm³/mol. The number of alkyl halides is 3. The van der Waals surface area contributed by atoms with Crippen molar-refractivity contribution in [3.05, 3.63) is 65.4 Å². The van der Waals surface area contributed by atoms with Crippen LogP contribution in [0.15, 0.2) is 64.3 Å². The van der Waals surface area contributed by atoms with E-state index in [1.54, 1.807) is 0 Å². The monoisotopic (exact) mass is 577 g/mol. The topological polar surface area (TPSA) is 144 Å². The number of guanidine groups is 1. The zero-order valence-electron chi connectivity index (χ0n) is 18.4. The third-order valence-electron chi connectivity index (χ3n) is 4.71. The number of hydrogen-bond acceptors (Lipinski definition) is 7. The van der Waals surface area contributed by atoms with Gasteiger partial charge >= 0.3 is 18.1 Å². The molecule has 1 heterocycles. The molecule has 0 spiro atoms. The Morgan fingerprint density at radius 3 is 2.54 bits per heavy atom. The van der Waals surface area contributed by atoms with Crippen LogP contribution in [0, 0.1) is 0 Å². The van der Waals surface area contributed by atoms with Crippen LogP contribution in [0.25, 0.3) is 10.8 Å². The highest BCUT2D eigenvalue weighted by atomic mass is 35.5. The number of nitrogens with two attached hydrogens (primary N) is 1. The zero-order valence-corrected chi connectivity index (χ0v) is 20.7. The maximum Gasteiger partial charge on any atom is 0.491 e. The molecule has 16 heteroatoms. The number of aromatic nitrogens is 1. The van der Waals surface area contributed by atoms with Crippen LogP contribution >= 0.6 is 23.4 Å². The fourth-order valence-corrected chi connectivity index (χ4v) is 4.79. The molecule has 1 aromatic heterocycles. The number of carbonyl (C=O) groups is 2. The number of hydrogen-bond donors (Lipinski definition) is 2. The Hall–Kier alpha value is -3.46. The summed E-state index contributed by atoms with van der Waals surface area (Å²) in [5.74, 6) is -4.64. The van der Waals surface area contributed by atoms with Crippen molar-refractivity contribution < 1.29 is 35.9 Å². The van der Waals surface area contributed by atoms with E-state index in [2.05, 4.69) is 19.5 Å². The number of anilines is 1. The van der Waals surface area contributed by atoms with Gasteiger partial charge in [0.2, 0.25) is 16.0 Å². The van der Waals surface area contributed by atoms with Gasteiger partial charge < -0.3 is 15.8 Å². The highest BCUT2D eigenvalue weighted by molar-refractivity contribution is 7.89. The van der Waals surface area contributed by atoms with Gasteiger partial charge in [-0.1, -0.05) is 29.8 Å². The summed E-state index contributed by atoms with van der Waals surface area (Å²) in [6.45, 7) is -1.67. The molecule has 37 heavy (non-hydrogen) atoms. The van der Waals surface area contributed by atoms with E-state index in [0.29, 0.717) is 26.3 Å². The largest absolute Gasteiger partial charge is 0.491 e. The molecular weight excluding hydrogens is 562 g/mol. The number of fused-ring (bicyclic) bond motifs is 1. The number of carbonyl (C=O) groups excluding carboxylic acids is 2. The second-order valence-electron chi connectivity index (χ2n) is 7.33. The molecule has 2 aromatic carbocycles. The Morgan fingerprint density at radius 1 is 1.16 bits per heavy atom. The lowest BCUT2D eigenvalue weighted by Crippen LogP contribution is -2.38. The molecule has 0 aliphatic rings. The van der Waals surface area contributed by atoms with Gasteiger partial charge in [-0.05, 0) is 29.8 Å². The quantitative estimate of drug-likeness (QED) is 0.187. The summed E-state index contributed by atoms with van der Waals surface area (Å²) in [6, 6.07) is 9.77. The van der Waals surface area contributed by atoms with Gasteiger partial charge in [-0.15, -0.1) is 4.51 Å². The van der Waals surface area contributed by atoms with E-state index in [9.17, 15) is 31.2 Å². The first-order chi connectivity index (χ1) is 17.3. The zero-order chi connectivity index (χ0) is 27.4. The lowest BCUT2D eigenvalue weighted by atomic mass is 10.1. The maximum absolute atomic E-state index is 13.5. The van der Waals surface area contributed by atoms with Crippen molar-refractivity contribution in [2.75, 3.05) is 11.9 Å². The molecule has 0 fully saturated rings. The molecule has 0 atom stereocenters. The van der Waals surface area contributed by atoms with E-state index in [1.165, 1.54) is 54.9 Å². The van der Waals surface area contributed by atoms with E-state index in [-0.39, 0.29) is 15.9 Å². The summed E-state index contributed by atoms with van der Waals surface area (Å²) in [4.78, 5) is 26.8. The summed E-state index contributed by atoms with van der Waals surface area (Å²) < 4.78 is 72.1. The number of pyridine rings is 1. The molecule has 0 saturated carbocycles. The smallest absolute Gasteiger partial charge is 0.385 e. The molecule has 0 amide bonds. The van der Waals surface area contributed by atoms with Gasteiger partial charge in [0.1, 0.15) is 6.54 Å². The molecule has 0 aliphatic heterocycles. The molecule has 0 unspecified atom stereocenters. The molecule has 3 aromatic rings. The molecule has 0 bridgehead atoms. The first-order valence-corrected chi connectivity index (χ1v) is 12.1. The number of esters is 2. The average Bonchev–Trinajstić information content (AvgIpc) is 2.82. The van der Waals surface area contributed by atoms with Crippen molar-refractivity contribution >= 4 is 67.8 Å². The summed E-state index contributed by atoms with van der Waals surface area (Å²) in [5, 5.41) is 3.74. The fourth-order valence-electron chi connectivity index (χ4n) is 3.13. The number of nitrogens with one attached hydrogen (secondary N) is 1. The Morgan fingerprint density at radius 2 is 1.89 bits per heavy atom. The van der Waals surface area contributed by atoms with Crippen LogP contribution in [0.4, 0.5) is 18.9 Å². The predicted octanol–water partition coefficient (Wildman–Crippen LogP) is 3.59. The molecule has 0 radical (unpaired) electrons. The van der Waals surface area contributed by atoms with Gasteiger partial charge in [-0.2, -0.15) is 17.5 Å². The number of ether oxygens (including phenoxy) is 1.